The van der Waals surface area contributed by atoms with Gasteiger partial charge in [0.15, 0.2) is 0 Å². The molecule has 126 valence electrons. The van der Waals surface area contributed by atoms with Gasteiger partial charge in [-0.15, -0.1) is 0 Å². The number of rotatable bonds is 8. The highest BCUT2D eigenvalue weighted by Crippen LogP contribution is 2.26. The summed E-state index contributed by atoms with van der Waals surface area (Å²) < 4.78 is 5.22. The summed E-state index contributed by atoms with van der Waals surface area (Å²) >= 11 is 1.90. The lowest BCUT2D eigenvalue weighted by molar-refractivity contribution is -0.153. The van der Waals surface area contributed by atoms with Crippen molar-refractivity contribution in [2.75, 3.05) is 12.4 Å². The number of ketones is 1. The quantitative estimate of drug-likeness (QED) is 0.373. The molecule has 1 aliphatic carbocycles. The monoisotopic (exact) mass is 326 g/mol. The normalized spacial score (nSPS) is 19.6. The van der Waals surface area contributed by atoms with E-state index in [4.69, 9.17) is 4.74 Å². The van der Waals surface area contributed by atoms with Crippen LogP contribution in [-0.2, 0) is 14.3 Å². The van der Waals surface area contributed by atoms with E-state index >= 15 is 0 Å². The van der Waals surface area contributed by atoms with Crippen molar-refractivity contribution in [3.63, 3.8) is 0 Å². The van der Waals surface area contributed by atoms with E-state index in [9.17, 15) is 9.59 Å². The molecule has 0 heterocycles. The molecule has 1 rings (SSSR count). The second kappa shape index (κ2) is 10.1. The number of hydrogen-bond donors (Lipinski definition) is 0. The summed E-state index contributed by atoms with van der Waals surface area (Å²) in [4.78, 5) is 22.9. The Morgan fingerprint density at radius 3 is 2.77 bits per heavy atom. The summed E-state index contributed by atoms with van der Waals surface area (Å²) in [5, 5.41) is 0.530. The fraction of sp³-hybridized carbons (Fsp3) is 0.778. The average molecular weight is 327 g/mol. The van der Waals surface area contributed by atoms with Gasteiger partial charge < -0.3 is 4.74 Å². The summed E-state index contributed by atoms with van der Waals surface area (Å²) in [5.41, 5.74) is -0.405. The van der Waals surface area contributed by atoms with Gasteiger partial charge in [-0.05, 0) is 52.9 Å². The van der Waals surface area contributed by atoms with Gasteiger partial charge in [0.1, 0.15) is 5.78 Å². The highest BCUT2D eigenvalue weighted by molar-refractivity contribution is 8.00. The molecule has 1 saturated carbocycles. The number of hydrogen-bond acceptors (Lipinski definition) is 4. The molecule has 0 aromatic rings. The molecule has 0 radical (unpaired) electrons. The molecular weight excluding hydrogens is 296 g/mol. The van der Waals surface area contributed by atoms with Crippen LogP contribution in [0.5, 0.6) is 0 Å². The number of unbranched alkanes of at least 4 members (excludes halogenated alkanes) is 2. The van der Waals surface area contributed by atoms with Crippen LogP contribution >= 0.6 is 11.8 Å². The minimum absolute atomic E-state index is 0.124. The molecule has 0 aromatic heterocycles. The van der Waals surface area contributed by atoms with Crippen LogP contribution in [0.1, 0.15) is 65.7 Å². The molecule has 0 N–H and O–H groups in total. The molecule has 0 amide bonds. The van der Waals surface area contributed by atoms with Crippen molar-refractivity contribution in [3.05, 3.63) is 12.2 Å². The van der Waals surface area contributed by atoms with Gasteiger partial charge in [-0.2, -0.15) is 11.8 Å². The Kier molecular flexibility index (Phi) is 8.84. The topological polar surface area (TPSA) is 43.4 Å². The van der Waals surface area contributed by atoms with Crippen LogP contribution in [0.25, 0.3) is 0 Å². The van der Waals surface area contributed by atoms with E-state index in [0.29, 0.717) is 17.6 Å². The van der Waals surface area contributed by atoms with Gasteiger partial charge in [0.05, 0.1) is 12.0 Å². The summed E-state index contributed by atoms with van der Waals surface area (Å²) in [6.45, 7) is 6.13. The van der Waals surface area contributed by atoms with Crippen molar-refractivity contribution in [1.82, 2.24) is 0 Å². The predicted octanol–water partition coefficient (Wildman–Crippen LogP) is 4.55. The van der Waals surface area contributed by atoms with Crippen molar-refractivity contribution >= 4 is 23.5 Å². The van der Waals surface area contributed by atoms with Crippen LogP contribution in [0.3, 0.4) is 0 Å². The molecule has 1 aliphatic rings. The standard InChI is InChI=1S/C18H30O3S/c1-18(2,3)17(20)21-12-7-5-4-6-8-13-22-16-11-9-10-15(19)14-16/h6,8,16H,4-5,7,9-14H2,1-3H3/b8-6-. The molecule has 1 atom stereocenters. The van der Waals surface area contributed by atoms with Crippen molar-refractivity contribution in [2.45, 2.75) is 71.0 Å². The fourth-order valence-corrected chi connectivity index (χ4v) is 3.41. The Labute approximate surface area is 139 Å². The minimum atomic E-state index is -0.405. The molecule has 0 aromatic carbocycles. The van der Waals surface area contributed by atoms with Gasteiger partial charge in [0.2, 0.25) is 0 Å². The van der Waals surface area contributed by atoms with Crippen molar-refractivity contribution < 1.29 is 14.3 Å². The molecule has 22 heavy (non-hydrogen) atoms. The highest BCUT2D eigenvalue weighted by Gasteiger charge is 2.22. The maximum Gasteiger partial charge on any atom is 0.311 e. The zero-order valence-electron chi connectivity index (χ0n) is 14.2. The number of carbonyl (C=O) groups is 2. The largest absolute Gasteiger partial charge is 0.465 e. The minimum Gasteiger partial charge on any atom is -0.465 e. The van der Waals surface area contributed by atoms with Gasteiger partial charge in [-0.25, -0.2) is 0 Å². The Balaban J connectivity index is 1.96. The van der Waals surface area contributed by atoms with Gasteiger partial charge >= 0.3 is 5.97 Å². The second-order valence-electron chi connectivity index (χ2n) is 6.94. The first-order valence-electron chi connectivity index (χ1n) is 8.35. The molecule has 3 nitrogen and oxygen atoms in total. The summed E-state index contributed by atoms with van der Waals surface area (Å²) in [5.74, 6) is 1.30. The number of ether oxygens (including phenoxy) is 1. The average Bonchev–Trinajstić information content (AvgIpc) is 2.44. The van der Waals surface area contributed by atoms with Crippen LogP contribution in [-0.4, -0.2) is 29.4 Å². The number of allylic oxidation sites excluding steroid dienone is 1. The van der Waals surface area contributed by atoms with E-state index < -0.39 is 5.41 Å². The van der Waals surface area contributed by atoms with Gasteiger partial charge in [0.25, 0.3) is 0 Å². The highest BCUT2D eigenvalue weighted by atomic mass is 32.2. The van der Waals surface area contributed by atoms with Crippen LogP contribution in [0.4, 0.5) is 0 Å². The molecule has 0 bridgehead atoms. The lowest BCUT2D eigenvalue weighted by Crippen LogP contribution is -2.23. The van der Waals surface area contributed by atoms with E-state index in [1.807, 2.05) is 32.5 Å². The predicted molar refractivity (Wildman–Crippen MR) is 93.1 cm³/mol. The van der Waals surface area contributed by atoms with Gasteiger partial charge in [0, 0.05) is 23.8 Å². The lowest BCUT2D eigenvalue weighted by atomic mass is 9.97. The maximum atomic E-state index is 11.5. The van der Waals surface area contributed by atoms with Crippen molar-refractivity contribution in [2.24, 2.45) is 5.41 Å². The summed E-state index contributed by atoms with van der Waals surface area (Å²) in [6, 6.07) is 0. The molecular formula is C18H30O3S. The first-order chi connectivity index (χ1) is 10.4. The Morgan fingerprint density at radius 1 is 1.32 bits per heavy atom. The Morgan fingerprint density at radius 2 is 2.09 bits per heavy atom. The summed E-state index contributed by atoms with van der Waals surface area (Å²) in [6.07, 6.45) is 11.2. The van der Waals surface area contributed by atoms with E-state index in [1.54, 1.807) is 0 Å². The van der Waals surface area contributed by atoms with Gasteiger partial charge in [-0.3, -0.25) is 9.59 Å². The van der Waals surface area contributed by atoms with E-state index in [2.05, 4.69) is 12.2 Å². The van der Waals surface area contributed by atoms with Crippen LogP contribution < -0.4 is 0 Å². The molecule has 0 spiro atoms. The maximum absolute atomic E-state index is 11.5. The van der Waals surface area contributed by atoms with Crippen LogP contribution in [0.2, 0.25) is 0 Å². The molecule has 0 saturated heterocycles. The SMILES string of the molecule is CC(C)(C)C(=O)OCCCC/C=C\CSC1CCCC(=O)C1. The molecule has 0 aliphatic heterocycles. The van der Waals surface area contributed by atoms with E-state index in [1.165, 1.54) is 6.42 Å². The van der Waals surface area contributed by atoms with E-state index in [0.717, 1.165) is 44.3 Å². The third-order valence-electron chi connectivity index (χ3n) is 3.64. The number of carbonyl (C=O) groups excluding carboxylic acids is 2. The van der Waals surface area contributed by atoms with Gasteiger partial charge in [-0.1, -0.05) is 12.2 Å². The second-order valence-corrected chi connectivity index (χ2v) is 8.28. The third kappa shape index (κ3) is 8.62. The molecule has 1 fully saturated rings. The first-order valence-corrected chi connectivity index (χ1v) is 9.40. The third-order valence-corrected chi connectivity index (χ3v) is 4.90. The zero-order valence-corrected chi connectivity index (χ0v) is 15.0. The lowest BCUT2D eigenvalue weighted by Gasteiger charge is -2.19. The number of thioether (sulfide) groups is 1. The van der Waals surface area contributed by atoms with Crippen LogP contribution in [0, 0.1) is 5.41 Å². The smallest absolute Gasteiger partial charge is 0.311 e. The molecule has 4 heteroatoms. The number of esters is 1. The molecule has 1 unspecified atom stereocenters. The Hall–Kier alpha value is -0.770. The van der Waals surface area contributed by atoms with Crippen molar-refractivity contribution in [1.29, 1.82) is 0 Å². The van der Waals surface area contributed by atoms with E-state index in [-0.39, 0.29) is 5.97 Å². The van der Waals surface area contributed by atoms with Crippen LogP contribution in [0.15, 0.2) is 12.2 Å². The Bertz CT molecular complexity index is 382. The fourth-order valence-electron chi connectivity index (χ4n) is 2.25. The first kappa shape index (κ1) is 19.3. The summed E-state index contributed by atoms with van der Waals surface area (Å²) in [7, 11) is 0. The number of Topliss-reactive ketones (excluding diaryl/α,β-unsaturated/α-hetero) is 1. The van der Waals surface area contributed by atoms with Crippen molar-refractivity contribution in [3.8, 4) is 0 Å². The zero-order chi connectivity index (χ0) is 16.4.